The lowest BCUT2D eigenvalue weighted by Crippen LogP contribution is -2.30. The highest BCUT2D eigenvalue weighted by atomic mass is 32.2. The van der Waals surface area contributed by atoms with Gasteiger partial charge in [0.15, 0.2) is 0 Å². The van der Waals surface area contributed by atoms with Crippen molar-refractivity contribution in [3.8, 4) is 0 Å². The molecule has 0 unspecified atom stereocenters. The average Bonchev–Trinajstić information content (AvgIpc) is 2.69. The molecular weight excluding hydrogens is 364 g/mol. The third-order valence-corrected chi connectivity index (χ3v) is 5.07. The van der Waals surface area contributed by atoms with E-state index in [-0.39, 0.29) is 16.4 Å². The minimum Gasteiger partial charge on any atom is -0.322 e. The van der Waals surface area contributed by atoms with E-state index in [0.717, 1.165) is 0 Å². The minimum absolute atomic E-state index is 0.0792. The van der Waals surface area contributed by atoms with Crippen molar-refractivity contribution in [1.82, 2.24) is 4.72 Å². The molecule has 7 heteroatoms. The van der Waals surface area contributed by atoms with Gasteiger partial charge in [-0.3, -0.25) is 9.59 Å². The second-order valence-corrected chi connectivity index (χ2v) is 7.33. The second-order valence-electron chi connectivity index (χ2n) is 5.65. The van der Waals surface area contributed by atoms with Crippen LogP contribution in [-0.2, 0) is 10.0 Å². The smallest absolute Gasteiger partial charge is 0.264 e. The molecule has 0 aromatic heterocycles. The molecule has 0 spiro atoms. The first-order chi connectivity index (χ1) is 13.0. The van der Waals surface area contributed by atoms with Gasteiger partial charge >= 0.3 is 0 Å². The largest absolute Gasteiger partial charge is 0.322 e. The third-order valence-electron chi connectivity index (χ3n) is 3.72. The lowest BCUT2D eigenvalue weighted by Gasteiger charge is -2.09. The van der Waals surface area contributed by atoms with Crippen molar-refractivity contribution in [2.75, 3.05) is 5.32 Å². The summed E-state index contributed by atoms with van der Waals surface area (Å²) in [5.41, 5.74) is 1.18. The molecule has 0 aliphatic rings. The van der Waals surface area contributed by atoms with Crippen LogP contribution in [-0.4, -0.2) is 20.2 Å². The van der Waals surface area contributed by atoms with Crippen molar-refractivity contribution in [2.45, 2.75) is 4.90 Å². The highest BCUT2D eigenvalue weighted by Crippen LogP contribution is 2.15. The van der Waals surface area contributed by atoms with E-state index in [0.29, 0.717) is 11.3 Å². The molecule has 0 atom stereocenters. The Morgan fingerprint density at radius 2 is 1.11 bits per heavy atom. The fraction of sp³-hybridized carbons (Fsp3) is 0. The first-order valence-electron chi connectivity index (χ1n) is 8.04. The minimum atomic E-state index is -4.02. The molecule has 3 aromatic carbocycles. The van der Waals surface area contributed by atoms with Crippen LogP contribution >= 0.6 is 0 Å². The van der Waals surface area contributed by atoms with Crippen LogP contribution in [0, 0.1) is 0 Å². The van der Waals surface area contributed by atoms with Gasteiger partial charge in [0.05, 0.1) is 4.90 Å². The first-order valence-corrected chi connectivity index (χ1v) is 9.53. The molecule has 3 aromatic rings. The number of benzene rings is 3. The van der Waals surface area contributed by atoms with Crippen LogP contribution in [0.2, 0.25) is 0 Å². The summed E-state index contributed by atoms with van der Waals surface area (Å²) in [5.74, 6) is -1.01. The Morgan fingerprint density at radius 3 is 1.63 bits per heavy atom. The Morgan fingerprint density at radius 1 is 0.630 bits per heavy atom. The van der Waals surface area contributed by atoms with Crippen molar-refractivity contribution in [3.63, 3.8) is 0 Å². The second kappa shape index (κ2) is 7.84. The number of rotatable bonds is 5. The molecule has 0 aliphatic heterocycles. The maximum atomic E-state index is 12.4. The number of sulfonamides is 1. The number of hydrogen-bond donors (Lipinski definition) is 2. The summed E-state index contributed by atoms with van der Waals surface area (Å²) in [7, 11) is -4.02. The number of nitrogens with one attached hydrogen (secondary N) is 2. The Bertz CT molecular complexity index is 1050. The molecule has 0 saturated carbocycles. The number of carbonyl (C=O) groups is 2. The van der Waals surface area contributed by atoms with E-state index in [1.165, 1.54) is 36.4 Å². The average molecular weight is 380 g/mol. The molecule has 0 saturated heterocycles. The van der Waals surface area contributed by atoms with Crippen molar-refractivity contribution >= 4 is 27.5 Å². The van der Waals surface area contributed by atoms with Gasteiger partial charge in [-0.05, 0) is 48.5 Å². The normalized spacial score (nSPS) is 10.8. The van der Waals surface area contributed by atoms with E-state index in [4.69, 9.17) is 0 Å². The molecule has 136 valence electrons. The van der Waals surface area contributed by atoms with Gasteiger partial charge in [0.2, 0.25) is 0 Å². The fourth-order valence-corrected chi connectivity index (χ4v) is 3.31. The molecule has 0 heterocycles. The molecule has 0 fully saturated rings. The fourth-order valence-electron chi connectivity index (χ4n) is 2.34. The van der Waals surface area contributed by atoms with E-state index in [9.17, 15) is 18.0 Å². The monoisotopic (exact) mass is 380 g/mol. The Balaban J connectivity index is 1.70. The van der Waals surface area contributed by atoms with Crippen LogP contribution in [0.1, 0.15) is 20.7 Å². The topological polar surface area (TPSA) is 92.3 Å². The number of hydrogen-bond acceptors (Lipinski definition) is 4. The van der Waals surface area contributed by atoms with Crippen LogP contribution in [0.4, 0.5) is 5.69 Å². The van der Waals surface area contributed by atoms with Gasteiger partial charge in [0.25, 0.3) is 21.8 Å². The van der Waals surface area contributed by atoms with E-state index in [1.807, 2.05) is 4.72 Å². The summed E-state index contributed by atoms with van der Waals surface area (Å²) < 4.78 is 26.7. The molecule has 3 rings (SSSR count). The number of amides is 2. The molecule has 0 radical (unpaired) electrons. The van der Waals surface area contributed by atoms with Gasteiger partial charge in [-0.15, -0.1) is 0 Å². The Labute approximate surface area is 156 Å². The van der Waals surface area contributed by atoms with Gasteiger partial charge in [-0.25, -0.2) is 13.1 Å². The Hall–Kier alpha value is -3.45. The maximum Gasteiger partial charge on any atom is 0.264 e. The van der Waals surface area contributed by atoms with E-state index in [2.05, 4.69) is 5.32 Å². The highest BCUT2D eigenvalue weighted by molar-refractivity contribution is 7.90. The lowest BCUT2D eigenvalue weighted by molar-refractivity contribution is 0.0979. The summed E-state index contributed by atoms with van der Waals surface area (Å²) in [4.78, 5) is 24.1. The summed E-state index contributed by atoms with van der Waals surface area (Å²) in [5, 5.41) is 2.68. The molecule has 2 N–H and O–H groups in total. The molecular formula is C20H16N2O4S. The molecule has 2 amide bonds. The number of anilines is 1. The van der Waals surface area contributed by atoms with Crippen molar-refractivity contribution in [3.05, 3.63) is 96.1 Å². The van der Waals surface area contributed by atoms with Crippen LogP contribution in [0.5, 0.6) is 0 Å². The van der Waals surface area contributed by atoms with Crippen LogP contribution in [0.15, 0.2) is 89.8 Å². The Kier molecular flexibility index (Phi) is 5.33. The van der Waals surface area contributed by atoms with Crippen molar-refractivity contribution < 1.29 is 18.0 Å². The molecule has 0 bridgehead atoms. The SMILES string of the molecule is O=C(Nc1ccc(S(=O)(=O)NC(=O)c2ccccc2)cc1)c1ccccc1. The van der Waals surface area contributed by atoms with Gasteiger partial charge in [-0.2, -0.15) is 0 Å². The van der Waals surface area contributed by atoms with E-state index in [1.54, 1.807) is 48.5 Å². The van der Waals surface area contributed by atoms with Gasteiger partial charge < -0.3 is 5.32 Å². The van der Waals surface area contributed by atoms with Gasteiger partial charge in [0, 0.05) is 16.8 Å². The predicted molar refractivity (Wildman–Crippen MR) is 102 cm³/mol. The number of carbonyl (C=O) groups excluding carboxylic acids is 2. The molecule has 0 aliphatic carbocycles. The first kappa shape index (κ1) is 18.3. The standard InChI is InChI=1S/C20H16N2O4S/c23-19(15-7-3-1-4-8-15)21-17-11-13-18(14-12-17)27(25,26)22-20(24)16-9-5-2-6-10-16/h1-14H,(H,21,23)(H,22,24). The lowest BCUT2D eigenvalue weighted by atomic mass is 10.2. The van der Waals surface area contributed by atoms with Crippen molar-refractivity contribution in [2.24, 2.45) is 0 Å². The quantitative estimate of drug-likeness (QED) is 0.712. The summed E-state index contributed by atoms with van der Waals surface area (Å²) in [6, 6.07) is 22.3. The van der Waals surface area contributed by atoms with Gasteiger partial charge in [-0.1, -0.05) is 36.4 Å². The summed E-state index contributed by atoms with van der Waals surface area (Å²) >= 11 is 0. The zero-order chi connectivity index (χ0) is 19.3. The van der Waals surface area contributed by atoms with E-state index >= 15 is 0 Å². The molecule has 27 heavy (non-hydrogen) atoms. The van der Waals surface area contributed by atoms with Crippen LogP contribution in [0.25, 0.3) is 0 Å². The van der Waals surface area contributed by atoms with Crippen molar-refractivity contribution in [1.29, 1.82) is 0 Å². The summed E-state index contributed by atoms with van der Waals surface area (Å²) in [6.45, 7) is 0. The molecule has 6 nitrogen and oxygen atoms in total. The van der Waals surface area contributed by atoms with Gasteiger partial charge in [0.1, 0.15) is 0 Å². The zero-order valence-electron chi connectivity index (χ0n) is 14.1. The van der Waals surface area contributed by atoms with Crippen LogP contribution < -0.4 is 10.0 Å². The predicted octanol–water partition coefficient (Wildman–Crippen LogP) is 3.06. The zero-order valence-corrected chi connectivity index (χ0v) is 14.9. The van der Waals surface area contributed by atoms with Crippen LogP contribution in [0.3, 0.4) is 0 Å². The summed E-state index contributed by atoms with van der Waals surface area (Å²) in [6.07, 6.45) is 0. The highest BCUT2D eigenvalue weighted by Gasteiger charge is 2.18. The maximum absolute atomic E-state index is 12.4. The third kappa shape index (κ3) is 4.59. The van der Waals surface area contributed by atoms with E-state index < -0.39 is 15.9 Å².